The van der Waals surface area contributed by atoms with Gasteiger partial charge >= 0.3 is 0 Å². The van der Waals surface area contributed by atoms with Gasteiger partial charge in [0.15, 0.2) is 0 Å². The van der Waals surface area contributed by atoms with E-state index in [1.54, 1.807) is 0 Å². The predicted octanol–water partition coefficient (Wildman–Crippen LogP) is 2.35. The quantitative estimate of drug-likeness (QED) is 0.564. The maximum absolute atomic E-state index is 3.15. The Bertz CT molecular complexity index is 157. The summed E-state index contributed by atoms with van der Waals surface area (Å²) in [5.74, 6) is 1.07. The lowest BCUT2D eigenvalue weighted by Gasteiger charge is -2.01. The van der Waals surface area contributed by atoms with Gasteiger partial charge in [0.2, 0.25) is 0 Å². The molecule has 0 heterocycles. The van der Waals surface area contributed by atoms with Gasteiger partial charge in [0, 0.05) is 0 Å². The predicted molar refractivity (Wildman–Crippen MR) is 42.5 cm³/mol. The van der Waals surface area contributed by atoms with E-state index in [1.807, 2.05) is 30.0 Å². The first-order valence-electron chi connectivity index (χ1n) is 2.88. The number of hydrogen-bond acceptors (Lipinski definition) is 1. The van der Waals surface area contributed by atoms with Crippen LogP contribution in [0.25, 0.3) is 0 Å². The summed E-state index contributed by atoms with van der Waals surface area (Å²) in [6.07, 6.45) is 2.10. The summed E-state index contributed by atoms with van der Waals surface area (Å²) < 4.78 is 0. The lowest BCUT2D eigenvalue weighted by Crippen LogP contribution is -1.75. The fraction of sp³-hybridized carbons (Fsp3) is 0.250. The van der Waals surface area contributed by atoms with Gasteiger partial charge in [-0.3, -0.25) is 0 Å². The van der Waals surface area contributed by atoms with E-state index in [2.05, 4.69) is 18.4 Å². The highest BCUT2D eigenvalue weighted by molar-refractivity contribution is 7.97. The van der Waals surface area contributed by atoms with E-state index in [9.17, 15) is 0 Å². The summed E-state index contributed by atoms with van der Waals surface area (Å²) >= 11 is 1.82. The van der Waals surface area contributed by atoms with Gasteiger partial charge in [0.05, 0.1) is 0 Å². The molecule has 0 bridgehead atoms. The van der Waals surface area contributed by atoms with Gasteiger partial charge in [-0.15, -0.1) is 0 Å². The normalized spacial score (nSPS) is 9.44. The standard InChI is InChI=1S/C8H9S/c1-9-7-8-5-3-2-4-6-8/h2-5H,7H2,1H3/q-1. The lowest BCUT2D eigenvalue weighted by atomic mass is 10.2. The third-order valence-corrected chi connectivity index (χ3v) is 1.67. The molecule has 0 unspecified atom stereocenters. The van der Waals surface area contributed by atoms with Crippen LogP contribution in [0.5, 0.6) is 0 Å². The molecular formula is C8H9S-. The van der Waals surface area contributed by atoms with Crippen molar-refractivity contribution in [2.24, 2.45) is 0 Å². The highest BCUT2D eigenvalue weighted by atomic mass is 32.2. The molecule has 0 fully saturated rings. The SMILES string of the molecule is CSCc1[c-]cccc1. The first-order valence-corrected chi connectivity index (χ1v) is 4.27. The van der Waals surface area contributed by atoms with Crippen LogP contribution in [0.3, 0.4) is 0 Å². The van der Waals surface area contributed by atoms with Crippen LogP contribution in [0.15, 0.2) is 24.3 Å². The topological polar surface area (TPSA) is 0 Å². The van der Waals surface area contributed by atoms with Gasteiger partial charge in [-0.25, -0.2) is 0 Å². The second-order valence-corrected chi connectivity index (χ2v) is 2.69. The van der Waals surface area contributed by atoms with E-state index in [0.29, 0.717) is 0 Å². The Labute approximate surface area is 60.3 Å². The fourth-order valence-corrected chi connectivity index (χ4v) is 1.17. The van der Waals surface area contributed by atoms with Crippen LogP contribution in [-0.2, 0) is 5.75 Å². The highest BCUT2D eigenvalue weighted by Gasteiger charge is 1.77. The van der Waals surface area contributed by atoms with Crippen LogP contribution in [-0.4, -0.2) is 6.26 Å². The lowest BCUT2D eigenvalue weighted by molar-refractivity contribution is 1.41. The first-order chi connectivity index (χ1) is 4.43. The zero-order valence-electron chi connectivity index (χ0n) is 5.42. The Balaban J connectivity index is 2.61. The van der Waals surface area contributed by atoms with Crippen molar-refractivity contribution in [1.82, 2.24) is 0 Å². The van der Waals surface area contributed by atoms with Crippen LogP contribution in [0.2, 0.25) is 0 Å². The molecule has 0 atom stereocenters. The Kier molecular flexibility index (Phi) is 2.65. The zero-order chi connectivity index (χ0) is 6.53. The summed E-state index contributed by atoms with van der Waals surface area (Å²) in [4.78, 5) is 0. The van der Waals surface area contributed by atoms with Crippen molar-refractivity contribution in [3.05, 3.63) is 35.9 Å². The van der Waals surface area contributed by atoms with Crippen molar-refractivity contribution in [1.29, 1.82) is 0 Å². The van der Waals surface area contributed by atoms with E-state index in [1.165, 1.54) is 5.56 Å². The summed E-state index contributed by atoms with van der Waals surface area (Å²) in [5, 5.41) is 0. The fourth-order valence-electron chi connectivity index (χ4n) is 0.676. The minimum atomic E-state index is 1.07. The molecule has 0 N–H and O–H groups in total. The molecule has 0 saturated carbocycles. The van der Waals surface area contributed by atoms with E-state index in [0.717, 1.165) is 5.75 Å². The minimum absolute atomic E-state index is 1.07. The van der Waals surface area contributed by atoms with E-state index in [-0.39, 0.29) is 0 Å². The third-order valence-electron chi connectivity index (χ3n) is 1.07. The van der Waals surface area contributed by atoms with Gasteiger partial charge < -0.3 is 0 Å². The average molecular weight is 137 g/mol. The second kappa shape index (κ2) is 3.57. The molecule has 0 radical (unpaired) electrons. The van der Waals surface area contributed by atoms with Gasteiger partial charge in [-0.05, 0) is 12.0 Å². The maximum atomic E-state index is 3.15. The highest BCUT2D eigenvalue weighted by Crippen LogP contribution is 2.06. The van der Waals surface area contributed by atoms with Crippen LogP contribution < -0.4 is 0 Å². The van der Waals surface area contributed by atoms with Crippen molar-refractivity contribution in [3.8, 4) is 0 Å². The molecule has 1 rings (SSSR count). The van der Waals surface area contributed by atoms with Crippen LogP contribution >= 0.6 is 11.8 Å². The van der Waals surface area contributed by atoms with Crippen molar-refractivity contribution in [2.45, 2.75) is 5.75 Å². The Morgan fingerprint density at radius 1 is 1.56 bits per heavy atom. The molecule has 0 amide bonds. The molecule has 1 aromatic rings. The molecule has 1 heteroatoms. The molecule has 0 aliphatic carbocycles. The van der Waals surface area contributed by atoms with E-state index >= 15 is 0 Å². The maximum Gasteiger partial charge on any atom is -0.00454 e. The monoisotopic (exact) mass is 137 g/mol. The summed E-state index contributed by atoms with van der Waals surface area (Å²) in [5.41, 5.74) is 1.28. The van der Waals surface area contributed by atoms with Crippen molar-refractivity contribution in [2.75, 3.05) is 6.26 Å². The molecule has 0 spiro atoms. The van der Waals surface area contributed by atoms with Crippen LogP contribution in [0.4, 0.5) is 0 Å². The van der Waals surface area contributed by atoms with E-state index < -0.39 is 0 Å². The molecule has 0 saturated heterocycles. The number of benzene rings is 1. The molecule has 0 aliphatic heterocycles. The average Bonchev–Trinajstić information content (AvgIpc) is 1.91. The molecule has 0 nitrogen and oxygen atoms in total. The Hall–Kier alpha value is -0.430. The van der Waals surface area contributed by atoms with Gasteiger partial charge in [0.25, 0.3) is 0 Å². The van der Waals surface area contributed by atoms with Gasteiger partial charge in [-0.1, -0.05) is 0 Å². The van der Waals surface area contributed by atoms with Crippen LogP contribution in [0.1, 0.15) is 5.56 Å². The molecule has 9 heavy (non-hydrogen) atoms. The Morgan fingerprint density at radius 3 is 3.00 bits per heavy atom. The number of rotatable bonds is 2. The van der Waals surface area contributed by atoms with Gasteiger partial charge in [0.1, 0.15) is 0 Å². The van der Waals surface area contributed by atoms with Gasteiger partial charge in [-0.2, -0.15) is 47.7 Å². The third kappa shape index (κ3) is 2.10. The van der Waals surface area contributed by atoms with Crippen molar-refractivity contribution >= 4 is 11.8 Å². The molecular weight excluding hydrogens is 128 g/mol. The van der Waals surface area contributed by atoms with Crippen molar-refractivity contribution in [3.63, 3.8) is 0 Å². The first kappa shape index (κ1) is 6.69. The van der Waals surface area contributed by atoms with Crippen LogP contribution in [0, 0.1) is 6.07 Å². The molecule has 1 aromatic carbocycles. The summed E-state index contributed by atoms with van der Waals surface area (Å²) in [7, 11) is 0. The summed E-state index contributed by atoms with van der Waals surface area (Å²) in [6.45, 7) is 0. The summed E-state index contributed by atoms with van der Waals surface area (Å²) in [6, 6.07) is 11.2. The number of hydrogen-bond donors (Lipinski definition) is 0. The minimum Gasteiger partial charge on any atom is -0.180 e. The smallest absolute Gasteiger partial charge is 0.00454 e. The zero-order valence-corrected chi connectivity index (χ0v) is 6.24. The van der Waals surface area contributed by atoms with Crippen molar-refractivity contribution < 1.29 is 0 Å². The molecule has 0 aliphatic rings. The largest absolute Gasteiger partial charge is 0.180 e. The molecule has 48 valence electrons. The number of thioether (sulfide) groups is 1. The second-order valence-electron chi connectivity index (χ2n) is 1.82. The van der Waals surface area contributed by atoms with E-state index in [4.69, 9.17) is 0 Å². The molecule has 0 aromatic heterocycles. The Morgan fingerprint density at radius 2 is 2.44 bits per heavy atom.